The van der Waals surface area contributed by atoms with E-state index in [1.54, 1.807) is 20.3 Å². The fraction of sp³-hybridized carbons (Fsp3) is 0.533. The summed E-state index contributed by atoms with van der Waals surface area (Å²) in [7, 11) is 3.23. The molecule has 2 N–H and O–H groups in total. The van der Waals surface area contributed by atoms with Crippen molar-refractivity contribution >= 4 is 18.3 Å². The Labute approximate surface area is 137 Å². The van der Waals surface area contributed by atoms with Crippen LogP contribution in [0.5, 0.6) is 11.5 Å². The van der Waals surface area contributed by atoms with Gasteiger partial charge in [0.1, 0.15) is 0 Å². The molecule has 22 heavy (non-hydrogen) atoms. The van der Waals surface area contributed by atoms with Gasteiger partial charge in [-0.15, -0.1) is 12.4 Å². The minimum atomic E-state index is -0.161. The molecule has 0 saturated heterocycles. The molecule has 0 aliphatic rings. The van der Waals surface area contributed by atoms with Crippen molar-refractivity contribution in [3.63, 3.8) is 0 Å². The quantitative estimate of drug-likeness (QED) is 0.629. The van der Waals surface area contributed by atoms with Crippen LogP contribution in [0, 0.1) is 6.92 Å². The van der Waals surface area contributed by atoms with E-state index in [-0.39, 0.29) is 24.9 Å². The molecule has 0 saturated carbocycles. The monoisotopic (exact) mass is 332 g/mol. The highest BCUT2D eigenvalue weighted by Gasteiger charge is 2.07. The maximum absolute atomic E-state index is 11.6. The molecule has 1 aromatic carbocycles. The van der Waals surface area contributed by atoms with Gasteiger partial charge in [-0.1, -0.05) is 6.07 Å². The maximum Gasteiger partial charge on any atom is 0.257 e. The fourth-order valence-electron chi connectivity index (χ4n) is 1.68. The third-order valence-corrected chi connectivity index (χ3v) is 2.78. The van der Waals surface area contributed by atoms with Gasteiger partial charge in [0.15, 0.2) is 18.1 Å². The molecular weight excluding hydrogens is 308 g/mol. The number of nitrogens with one attached hydrogen (secondary N) is 2. The third kappa shape index (κ3) is 8.07. The minimum Gasteiger partial charge on any atom is -0.493 e. The molecule has 0 bridgehead atoms. The van der Waals surface area contributed by atoms with Gasteiger partial charge in [0.25, 0.3) is 5.91 Å². The predicted octanol–water partition coefficient (Wildman–Crippen LogP) is 1.16. The third-order valence-electron chi connectivity index (χ3n) is 2.78. The highest BCUT2D eigenvalue weighted by atomic mass is 35.5. The maximum atomic E-state index is 11.6. The lowest BCUT2D eigenvalue weighted by molar-refractivity contribution is -0.123. The zero-order valence-electron chi connectivity index (χ0n) is 13.3. The number of rotatable bonds is 10. The van der Waals surface area contributed by atoms with E-state index in [0.29, 0.717) is 31.2 Å². The van der Waals surface area contributed by atoms with E-state index >= 15 is 0 Å². The minimum absolute atomic E-state index is 0. The van der Waals surface area contributed by atoms with E-state index in [1.807, 2.05) is 19.1 Å². The number of ether oxygens (including phenoxy) is 3. The van der Waals surface area contributed by atoms with Gasteiger partial charge in [-0.2, -0.15) is 0 Å². The van der Waals surface area contributed by atoms with Crippen molar-refractivity contribution in [2.75, 3.05) is 47.1 Å². The number of halogens is 1. The lowest BCUT2D eigenvalue weighted by Crippen LogP contribution is -2.35. The average Bonchev–Trinajstić information content (AvgIpc) is 2.49. The van der Waals surface area contributed by atoms with E-state index in [9.17, 15) is 4.79 Å². The van der Waals surface area contributed by atoms with Crippen LogP contribution in [0.25, 0.3) is 0 Å². The Hall–Kier alpha value is -1.50. The number of benzene rings is 1. The average molecular weight is 333 g/mol. The van der Waals surface area contributed by atoms with Gasteiger partial charge in [0.05, 0.1) is 13.7 Å². The Kier molecular flexibility index (Phi) is 11.3. The van der Waals surface area contributed by atoms with E-state index < -0.39 is 0 Å². The Morgan fingerprint density at radius 2 is 1.91 bits per heavy atom. The molecule has 0 spiro atoms. The van der Waals surface area contributed by atoms with Crippen LogP contribution in [0.1, 0.15) is 5.56 Å². The molecule has 126 valence electrons. The van der Waals surface area contributed by atoms with Crippen LogP contribution < -0.4 is 20.1 Å². The first kappa shape index (κ1) is 20.5. The summed E-state index contributed by atoms with van der Waals surface area (Å²) in [4.78, 5) is 11.6. The Bertz CT molecular complexity index is 444. The molecule has 1 aromatic rings. The molecule has 7 heteroatoms. The molecule has 1 amide bonds. The van der Waals surface area contributed by atoms with Gasteiger partial charge in [-0.25, -0.2) is 0 Å². The number of methoxy groups -OCH3 is 2. The number of carbonyl (C=O) groups is 1. The fourth-order valence-corrected chi connectivity index (χ4v) is 1.68. The Morgan fingerprint density at radius 1 is 1.14 bits per heavy atom. The van der Waals surface area contributed by atoms with Crippen LogP contribution in [0.15, 0.2) is 18.2 Å². The molecular formula is C15H25ClN2O4. The number of aryl methyl sites for hydroxylation is 1. The first-order chi connectivity index (χ1) is 10.2. The van der Waals surface area contributed by atoms with Gasteiger partial charge in [0, 0.05) is 26.7 Å². The second-order valence-corrected chi connectivity index (χ2v) is 4.54. The number of hydrogen-bond donors (Lipinski definition) is 2. The first-order valence-electron chi connectivity index (χ1n) is 6.91. The smallest absolute Gasteiger partial charge is 0.257 e. The summed E-state index contributed by atoms with van der Waals surface area (Å²) in [6.45, 7) is 4.61. The summed E-state index contributed by atoms with van der Waals surface area (Å²) < 4.78 is 15.6. The highest BCUT2D eigenvalue weighted by molar-refractivity contribution is 5.85. The van der Waals surface area contributed by atoms with Crippen LogP contribution in [0.4, 0.5) is 0 Å². The van der Waals surface area contributed by atoms with Gasteiger partial charge in [0.2, 0.25) is 0 Å². The standard InChI is InChI=1S/C15H24N2O4.ClH/c1-12-4-5-13(14(10-12)20-3)21-11-15(18)17-7-6-16-8-9-19-2;/h4-5,10,16H,6-9,11H2,1-3H3,(H,17,18);1H. The summed E-state index contributed by atoms with van der Waals surface area (Å²) >= 11 is 0. The van der Waals surface area contributed by atoms with E-state index in [1.165, 1.54) is 0 Å². The molecule has 0 aliphatic heterocycles. The zero-order valence-corrected chi connectivity index (χ0v) is 14.1. The highest BCUT2D eigenvalue weighted by Crippen LogP contribution is 2.27. The number of carbonyl (C=O) groups excluding carboxylic acids is 1. The number of amides is 1. The lowest BCUT2D eigenvalue weighted by Gasteiger charge is -2.11. The summed E-state index contributed by atoms with van der Waals surface area (Å²) in [5.41, 5.74) is 1.07. The second kappa shape index (κ2) is 12.1. The van der Waals surface area contributed by atoms with Gasteiger partial charge >= 0.3 is 0 Å². The van der Waals surface area contributed by atoms with Crippen molar-refractivity contribution in [2.24, 2.45) is 0 Å². The second-order valence-electron chi connectivity index (χ2n) is 4.54. The zero-order chi connectivity index (χ0) is 15.5. The van der Waals surface area contributed by atoms with E-state index in [2.05, 4.69) is 10.6 Å². The molecule has 0 aliphatic carbocycles. The largest absolute Gasteiger partial charge is 0.493 e. The van der Waals surface area contributed by atoms with Crippen LogP contribution in [0.2, 0.25) is 0 Å². The lowest BCUT2D eigenvalue weighted by atomic mass is 10.2. The molecule has 6 nitrogen and oxygen atoms in total. The summed E-state index contributed by atoms with van der Waals surface area (Å²) in [5, 5.41) is 5.91. The van der Waals surface area contributed by atoms with Gasteiger partial charge in [-0.05, 0) is 24.6 Å². The summed E-state index contributed by atoms with van der Waals surface area (Å²) in [6, 6.07) is 5.58. The van der Waals surface area contributed by atoms with Crippen molar-refractivity contribution in [3.8, 4) is 11.5 Å². The molecule has 0 atom stereocenters. The predicted molar refractivity (Wildman–Crippen MR) is 88.2 cm³/mol. The van der Waals surface area contributed by atoms with Crippen LogP contribution in [0.3, 0.4) is 0 Å². The summed E-state index contributed by atoms with van der Waals surface area (Å²) in [5.74, 6) is 1.03. The van der Waals surface area contributed by atoms with Crippen LogP contribution in [-0.2, 0) is 9.53 Å². The normalized spacial score (nSPS) is 9.77. The van der Waals surface area contributed by atoms with Gasteiger partial charge < -0.3 is 24.8 Å². The van der Waals surface area contributed by atoms with Crippen LogP contribution >= 0.6 is 12.4 Å². The van der Waals surface area contributed by atoms with Crippen molar-refractivity contribution < 1.29 is 19.0 Å². The van der Waals surface area contributed by atoms with Crippen molar-refractivity contribution in [3.05, 3.63) is 23.8 Å². The van der Waals surface area contributed by atoms with Crippen molar-refractivity contribution in [2.45, 2.75) is 6.92 Å². The molecule has 0 fully saturated rings. The number of hydrogen-bond acceptors (Lipinski definition) is 5. The van der Waals surface area contributed by atoms with E-state index in [4.69, 9.17) is 14.2 Å². The van der Waals surface area contributed by atoms with Crippen molar-refractivity contribution in [1.82, 2.24) is 10.6 Å². The molecule has 0 unspecified atom stereocenters. The summed E-state index contributed by atoms with van der Waals surface area (Å²) in [6.07, 6.45) is 0. The SMILES string of the molecule is COCCNCCNC(=O)COc1ccc(C)cc1OC.Cl. The van der Waals surface area contributed by atoms with E-state index in [0.717, 1.165) is 12.1 Å². The molecule has 1 rings (SSSR count). The molecule has 0 aromatic heterocycles. The first-order valence-corrected chi connectivity index (χ1v) is 6.91. The van der Waals surface area contributed by atoms with Crippen LogP contribution in [-0.4, -0.2) is 53.0 Å². The molecule has 0 heterocycles. The van der Waals surface area contributed by atoms with Crippen molar-refractivity contribution in [1.29, 1.82) is 0 Å². The topological polar surface area (TPSA) is 68.8 Å². The molecule has 0 radical (unpaired) electrons. The van der Waals surface area contributed by atoms with Gasteiger partial charge in [-0.3, -0.25) is 4.79 Å². The Balaban J connectivity index is 0.00000441. The Morgan fingerprint density at radius 3 is 2.59 bits per heavy atom.